The van der Waals surface area contributed by atoms with E-state index in [4.69, 9.17) is 10.6 Å². The van der Waals surface area contributed by atoms with E-state index in [0.29, 0.717) is 6.42 Å². The number of carboxylic acid groups (broad SMARTS) is 1. The van der Waals surface area contributed by atoms with Gasteiger partial charge in [0.1, 0.15) is 0 Å². The molecule has 0 aliphatic carbocycles. The molecule has 0 rings (SSSR count). The van der Waals surface area contributed by atoms with Gasteiger partial charge in [-0.15, -0.1) is 0 Å². The largest absolute Gasteiger partial charge is 0.481 e. The van der Waals surface area contributed by atoms with Gasteiger partial charge in [-0.05, 0) is 32.1 Å². The molecule has 0 saturated heterocycles. The fourth-order valence-electron chi connectivity index (χ4n) is 1.76. The molecule has 0 bridgehead atoms. The summed E-state index contributed by atoms with van der Waals surface area (Å²) in [5.41, 5.74) is 0. The highest BCUT2D eigenvalue weighted by molar-refractivity contribution is 5.66. The average Bonchev–Trinajstić information content (AvgIpc) is 2.63. The van der Waals surface area contributed by atoms with E-state index < -0.39 is 18.2 Å². The minimum atomic E-state index is -1.19. The van der Waals surface area contributed by atoms with Crippen molar-refractivity contribution in [2.24, 2.45) is 0 Å². The number of aliphatic carboxylic acids is 1. The number of unbranched alkanes of at least 4 members (excludes halogenated alkanes) is 2. The number of carboxylic acids is 1. The summed E-state index contributed by atoms with van der Waals surface area (Å²) in [4.78, 5) is 10.4. The molecule has 0 aliphatic heterocycles. The third-order valence-corrected chi connectivity index (χ3v) is 3.08. The number of rotatable bonds is 14. The van der Waals surface area contributed by atoms with Crippen molar-refractivity contribution in [2.45, 2.75) is 70.5 Å². The number of aliphatic hydroxyl groups excluding tert-OH is 2. The molecule has 24 heavy (non-hydrogen) atoms. The molecular formula is C20H32O4. The summed E-state index contributed by atoms with van der Waals surface area (Å²) in [7, 11) is 0. The Bertz CT molecular complexity index is 597. The maximum atomic E-state index is 10.4. The number of hydrogen-bond donors (Lipinski definition) is 3. The Balaban J connectivity index is 4.55. The summed E-state index contributed by atoms with van der Waals surface area (Å²) in [6.45, 7) is 2.07. The zero-order valence-electron chi connectivity index (χ0n) is 18.4. The Hall–Kier alpha value is -1.65. The quantitative estimate of drug-likeness (QED) is 0.252. The van der Waals surface area contributed by atoms with Crippen molar-refractivity contribution in [1.82, 2.24) is 0 Å². The zero-order valence-corrected chi connectivity index (χ0v) is 14.4. The smallest absolute Gasteiger partial charge is 0.303 e. The maximum Gasteiger partial charge on any atom is 0.303 e. The second-order valence-electron chi connectivity index (χ2n) is 5.42. The summed E-state index contributed by atoms with van der Waals surface area (Å²) in [6.07, 6.45) is 7.28. The van der Waals surface area contributed by atoms with Crippen molar-refractivity contribution in [3.63, 3.8) is 0 Å². The van der Waals surface area contributed by atoms with Crippen LogP contribution in [-0.2, 0) is 4.79 Å². The van der Waals surface area contributed by atoms with Gasteiger partial charge in [0, 0.05) is 6.42 Å². The van der Waals surface area contributed by atoms with Crippen molar-refractivity contribution in [2.75, 3.05) is 0 Å². The highest BCUT2D eigenvalue weighted by Crippen LogP contribution is 2.03. The Labute approximate surface area is 151 Å². The first kappa shape index (κ1) is 15.9. The molecule has 0 heterocycles. The minimum absolute atomic E-state index is 0.0465. The lowest BCUT2D eigenvalue weighted by Crippen LogP contribution is -2.03. The number of hydrogen-bond acceptors (Lipinski definition) is 3. The van der Waals surface area contributed by atoms with Crippen LogP contribution in [0.3, 0.4) is 0 Å². The second kappa shape index (κ2) is 16.2. The highest BCUT2D eigenvalue weighted by Gasteiger charge is 2.01. The molecule has 3 N–H and O–H groups in total. The molecule has 0 aromatic heterocycles. The summed E-state index contributed by atoms with van der Waals surface area (Å²) < 4.78 is 31.1. The van der Waals surface area contributed by atoms with Crippen LogP contribution in [0.4, 0.5) is 0 Å². The van der Waals surface area contributed by atoms with Crippen LogP contribution in [0.25, 0.3) is 0 Å². The van der Waals surface area contributed by atoms with E-state index in [2.05, 4.69) is 6.92 Å². The van der Waals surface area contributed by atoms with Gasteiger partial charge in [-0.25, -0.2) is 0 Å². The van der Waals surface area contributed by atoms with Crippen LogP contribution in [0.1, 0.15) is 63.8 Å². The van der Waals surface area contributed by atoms with E-state index in [1.54, 1.807) is 0 Å². The van der Waals surface area contributed by atoms with Crippen LogP contribution in [0, 0.1) is 0 Å². The second-order valence-corrected chi connectivity index (χ2v) is 5.42. The van der Waals surface area contributed by atoms with Crippen LogP contribution in [0.15, 0.2) is 48.5 Å². The Morgan fingerprint density at radius 1 is 1.08 bits per heavy atom. The fourth-order valence-corrected chi connectivity index (χ4v) is 1.76. The van der Waals surface area contributed by atoms with Crippen molar-refractivity contribution >= 4 is 5.97 Å². The summed E-state index contributed by atoms with van der Waals surface area (Å²) in [5.74, 6) is -0.971. The molecule has 0 radical (unpaired) electrons. The predicted octanol–water partition coefficient (Wildman–Crippen LogP) is 4.16. The van der Waals surface area contributed by atoms with Gasteiger partial charge in [-0.3, -0.25) is 4.79 Å². The van der Waals surface area contributed by atoms with Gasteiger partial charge < -0.3 is 15.3 Å². The van der Waals surface area contributed by atoms with Crippen molar-refractivity contribution in [1.29, 1.82) is 0 Å². The predicted molar refractivity (Wildman–Crippen MR) is 98.8 cm³/mol. The third kappa shape index (κ3) is 16.7. The van der Waals surface area contributed by atoms with Gasteiger partial charge in [0.2, 0.25) is 0 Å². The summed E-state index contributed by atoms with van der Waals surface area (Å²) in [6, 6.07) is -0.148. The Morgan fingerprint density at radius 2 is 1.88 bits per heavy atom. The van der Waals surface area contributed by atoms with Gasteiger partial charge in [0.15, 0.2) is 0 Å². The summed E-state index contributed by atoms with van der Waals surface area (Å²) >= 11 is 0. The third-order valence-electron chi connectivity index (χ3n) is 3.08. The molecule has 0 amide bonds. The van der Waals surface area contributed by atoms with Crippen LogP contribution in [0.5, 0.6) is 0 Å². The number of allylic oxidation sites excluding steroid dienone is 5. The zero-order chi connectivity index (χ0) is 21.5. The molecular weight excluding hydrogens is 304 g/mol. The number of carbonyl (C=O) groups is 1. The molecule has 0 fully saturated rings. The molecule has 2 atom stereocenters. The molecule has 0 aromatic carbocycles. The van der Waals surface area contributed by atoms with Crippen LogP contribution >= 0.6 is 0 Å². The van der Waals surface area contributed by atoms with Gasteiger partial charge in [0.05, 0.1) is 17.7 Å². The average molecular weight is 340 g/mol. The monoisotopic (exact) mass is 340 g/mol. The van der Waals surface area contributed by atoms with Gasteiger partial charge in [-0.2, -0.15) is 0 Å². The first-order valence-corrected chi connectivity index (χ1v) is 8.44. The van der Waals surface area contributed by atoms with Gasteiger partial charge >= 0.3 is 5.97 Å². The van der Waals surface area contributed by atoms with Crippen LogP contribution in [-0.4, -0.2) is 33.5 Å². The van der Waals surface area contributed by atoms with E-state index in [0.717, 1.165) is 19.3 Å². The van der Waals surface area contributed by atoms with E-state index >= 15 is 0 Å². The lowest BCUT2D eigenvalue weighted by molar-refractivity contribution is -0.137. The van der Waals surface area contributed by atoms with E-state index in [1.165, 1.54) is 24.3 Å². The molecule has 4 heteroatoms. The molecule has 0 saturated carbocycles. The van der Waals surface area contributed by atoms with Gasteiger partial charge in [0.25, 0.3) is 0 Å². The molecule has 0 aliphatic rings. The first-order chi connectivity index (χ1) is 13.2. The molecule has 0 spiro atoms. The lowest BCUT2D eigenvalue weighted by Gasteiger charge is -2.02. The van der Waals surface area contributed by atoms with Gasteiger partial charge in [-0.1, -0.05) is 68.3 Å². The number of aliphatic hydroxyl groups is 2. The van der Waals surface area contributed by atoms with Crippen molar-refractivity contribution < 1.29 is 25.6 Å². The normalized spacial score (nSPS) is 19.1. The molecule has 0 aromatic rings. The minimum Gasteiger partial charge on any atom is -0.481 e. The highest BCUT2D eigenvalue weighted by atomic mass is 16.4. The SMILES string of the molecule is [2H]C(/C=C/C=C/[C@@H](O)C/C([2H])=C(/[2H])CCCCC)=C(\[2H])[C@@H](O)CCCC(=O)O. The topological polar surface area (TPSA) is 77.8 Å². The lowest BCUT2D eigenvalue weighted by atomic mass is 10.1. The van der Waals surface area contributed by atoms with E-state index in [-0.39, 0.29) is 49.9 Å². The standard InChI is InChI=1S/C20H32O4/c1-2-3-4-5-6-9-13-18(21)14-10-7-8-11-15-19(22)16-12-17-20(23)24/h6-11,14-15,18-19,21-22H,2-5,12-13,16-17H2,1H3,(H,23,24)/b8-7+,9-6-,14-10+,15-11-/t18-,19+/m0/s1/i6D,9D,11D,15D. The Morgan fingerprint density at radius 3 is 2.58 bits per heavy atom. The fraction of sp³-hybridized carbons (Fsp3) is 0.550. The maximum absolute atomic E-state index is 10.4. The molecule has 4 nitrogen and oxygen atoms in total. The molecule has 136 valence electrons. The molecule has 0 unspecified atom stereocenters. The van der Waals surface area contributed by atoms with E-state index in [9.17, 15) is 15.0 Å². The van der Waals surface area contributed by atoms with Crippen molar-refractivity contribution in [3.8, 4) is 0 Å². The Kier molecular flexibility index (Phi) is 10.7. The van der Waals surface area contributed by atoms with E-state index in [1.807, 2.05) is 0 Å². The van der Waals surface area contributed by atoms with Crippen LogP contribution in [0.2, 0.25) is 0 Å². The summed E-state index contributed by atoms with van der Waals surface area (Å²) in [5, 5.41) is 28.2. The van der Waals surface area contributed by atoms with Crippen molar-refractivity contribution in [3.05, 3.63) is 48.5 Å². The first-order valence-electron chi connectivity index (χ1n) is 10.4. The van der Waals surface area contributed by atoms with Crippen LogP contribution < -0.4 is 0 Å².